The summed E-state index contributed by atoms with van der Waals surface area (Å²) in [6.45, 7) is 0. The van der Waals surface area contributed by atoms with Crippen LogP contribution >= 0.6 is 43.2 Å². The van der Waals surface area contributed by atoms with E-state index >= 15 is 0 Å². The number of fused-ring (bicyclic) bond motifs is 1. The number of hydrogen-bond donors (Lipinski definition) is 1. The highest BCUT2D eigenvalue weighted by atomic mass is 79.9. The van der Waals surface area contributed by atoms with Crippen LogP contribution in [-0.2, 0) is 0 Å². The third-order valence-corrected chi connectivity index (χ3v) is 6.67. The Balaban J connectivity index is 2.12. The fraction of sp³-hybridized carbons (Fsp3) is 0. The summed E-state index contributed by atoms with van der Waals surface area (Å²) < 4.78 is 3.31. The van der Waals surface area contributed by atoms with Gasteiger partial charge in [-0.15, -0.1) is 11.3 Å². The Labute approximate surface area is 191 Å². The molecule has 0 radical (unpaired) electrons. The van der Waals surface area contributed by atoms with Gasteiger partial charge in [0.25, 0.3) is 5.56 Å². The molecule has 30 heavy (non-hydrogen) atoms. The van der Waals surface area contributed by atoms with Crippen molar-refractivity contribution < 1.29 is 0 Å². The number of nitriles is 2. The lowest BCUT2D eigenvalue weighted by Crippen LogP contribution is -2.32. The second kappa shape index (κ2) is 8.00. The maximum absolute atomic E-state index is 13.0. The number of nitrogens with zero attached hydrogens (tertiary/aromatic N) is 3. The van der Waals surface area contributed by atoms with Gasteiger partial charge in [0.2, 0.25) is 0 Å². The SMILES string of the molecule is N#Cc1c(-c2ccc(Br)cc2)c(C#N)c2s/c(=C\c3ccc(Br)cc3)c(=O)n2c1=N. The Morgan fingerprint density at radius 2 is 1.50 bits per heavy atom. The fourth-order valence-corrected chi connectivity index (χ4v) is 4.77. The van der Waals surface area contributed by atoms with Crippen LogP contribution in [0.4, 0.5) is 0 Å². The third kappa shape index (κ3) is 3.40. The fourth-order valence-electron chi connectivity index (χ4n) is 3.14. The maximum atomic E-state index is 13.0. The van der Waals surface area contributed by atoms with Crippen molar-refractivity contribution in [2.75, 3.05) is 0 Å². The molecule has 0 saturated heterocycles. The van der Waals surface area contributed by atoms with Crippen LogP contribution in [0.3, 0.4) is 0 Å². The van der Waals surface area contributed by atoms with Crippen LogP contribution < -0.4 is 15.6 Å². The van der Waals surface area contributed by atoms with E-state index in [2.05, 4.69) is 37.9 Å². The quantitative estimate of drug-likeness (QED) is 0.412. The van der Waals surface area contributed by atoms with Crippen LogP contribution in [0.5, 0.6) is 0 Å². The molecule has 0 bridgehead atoms. The van der Waals surface area contributed by atoms with E-state index in [1.165, 1.54) is 0 Å². The predicted octanol–water partition coefficient (Wildman–Crippen LogP) is 4.32. The molecule has 0 saturated carbocycles. The van der Waals surface area contributed by atoms with E-state index in [0.29, 0.717) is 20.5 Å². The predicted molar refractivity (Wildman–Crippen MR) is 123 cm³/mol. The molecular weight excluding hydrogens is 528 g/mol. The van der Waals surface area contributed by atoms with Crippen LogP contribution in [0.2, 0.25) is 0 Å². The van der Waals surface area contributed by atoms with E-state index in [1.54, 1.807) is 30.3 Å². The lowest BCUT2D eigenvalue weighted by molar-refractivity contribution is 0.971. The number of pyridine rings is 1. The van der Waals surface area contributed by atoms with Gasteiger partial charge >= 0.3 is 0 Å². The Morgan fingerprint density at radius 1 is 0.933 bits per heavy atom. The summed E-state index contributed by atoms with van der Waals surface area (Å²) in [6.07, 6.45) is 1.72. The van der Waals surface area contributed by atoms with Crippen LogP contribution in [-0.4, -0.2) is 4.40 Å². The molecule has 4 aromatic rings. The van der Waals surface area contributed by atoms with Crippen LogP contribution in [0.1, 0.15) is 16.7 Å². The van der Waals surface area contributed by atoms with Crippen molar-refractivity contribution in [1.29, 1.82) is 15.9 Å². The summed E-state index contributed by atoms with van der Waals surface area (Å²) in [5, 5.41) is 28.2. The van der Waals surface area contributed by atoms with Gasteiger partial charge in [-0.1, -0.05) is 56.1 Å². The average Bonchev–Trinajstić information content (AvgIpc) is 3.06. The number of aromatic nitrogens is 1. The minimum absolute atomic E-state index is 0.00327. The zero-order valence-electron chi connectivity index (χ0n) is 15.1. The van der Waals surface area contributed by atoms with Crippen LogP contribution in [0.25, 0.3) is 22.0 Å². The molecule has 2 heterocycles. The van der Waals surface area contributed by atoms with Crippen molar-refractivity contribution in [3.63, 3.8) is 0 Å². The van der Waals surface area contributed by atoms with E-state index in [0.717, 1.165) is 30.2 Å². The monoisotopic (exact) mass is 536 g/mol. The second-order valence-electron chi connectivity index (χ2n) is 6.31. The van der Waals surface area contributed by atoms with Gasteiger partial charge in [-0.3, -0.25) is 10.2 Å². The van der Waals surface area contributed by atoms with Crippen molar-refractivity contribution in [3.05, 3.63) is 94.5 Å². The van der Waals surface area contributed by atoms with E-state index in [4.69, 9.17) is 5.41 Å². The van der Waals surface area contributed by atoms with Gasteiger partial charge in [0.1, 0.15) is 22.5 Å². The summed E-state index contributed by atoms with van der Waals surface area (Å²) in [5.74, 6) is 0. The topological polar surface area (TPSA) is 92.9 Å². The molecule has 0 spiro atoms. The molecule has 5 nitrogen and oxygen atoms in total. The highest BCUT2D eigenvalue weighted by Gasteiger charge is 2.21. The summed E-state index contributed by atoms with van der Waals surface area (Å²) in [5.41, 5.74) is 1.40. The van der Waals surface area contributed by atoms with Crippen molar-refractivity contribution in [1.82, 2.24) is 4.40 Å². The van der Waals surface area contributed by atoms with Crippen LogP contribution in [0.15, 0.2) is 62.3 Å². The Bertz CT molecular complexity index is 1550. The number of rotatable bonds is 2. The molecule has 0 unspecified atom stereocenters. The summed E-state index contributed by atoms with van der Waals surface area (Å²) in [6, 6.07) is 18.8. The van der Waals surface area contributed by atoms with E-state index in [1.807, 2.05) is 30.3 Å². The molecule has 4 rings (SSSR count). The Hall–Kier alpha value is -3.04. The molecule has 8 heteroatoms. The first kappa shape index (κ1) is 20.2. The standard InChI is InChI=1S/C22H10Br2N4OS/c23-14-5-1-12(2-6-14)9-18-21(29)28-20(27)16(10-25)19(17(11-26)22(28)30-18)13-3-7-15(24)8-4-13/h1-9,27H/b18-9-,27-20?. The van der Waals surface area contributed by atoms with Gasteiger partial charge in [0, 0.05) is 14.5 Å². The smallest absolute Gasteiger partial charge is 0.274 e. The normalized spacial score (nSPS) is 11.4. The lowest BCUT2D eigenvalue weighted by Gasteiger charge is -2.09. The van der Waals surface area contributed by atoms with E-state index in [-0.39, 0.29) is 16.6 Å². The molecule has 0 aliphatic heterocycles. The maximum Gasteiger partial charge on any atom is 0.274 e. The Morgan fingerprint density at radius 3 is 2.07 bits per heavy atom. The van der Waals surface area contributed by atoms with Crippen molar-refractivity contribution in [2.45, 2.75) is 0 Å². The highest BCUT2D eigenvalue weighted by molar-refractivity contribution is 9.10. The Kier molecular flexibility index (Phi) is 5.40. The first-order valence-corrected chi connectivity index (χ1v) is 11.0. The molecule has 0 aliphatic carbocycles. The van der Waals surface area contributed by atoms with E-state index < -0.39 is 5.56 Å². The number of thiazole rings is 1. The van der Waals surface area contributed by atoms with Gasteiger partial charge in [-0.25, -0.2) is 4.40 Å². The lowest BCUT2D eigenvalue weighted by atomic mass is 9.97. The third-order valence-electron chi connectivity index (χ3n) is 4.52. The number of nitrogens with one attached hydrogen (secondary N) is 1. The van der Waals surface area contributed by atoms with Gasteiger partial charge in [0.15, 0.2) is 5.49 Å². The number of halogens is 2. The molecule has 1 N–H and O–H groups in total. The number of hydrogen-bond acceptors (Lipinski definition) is 5. The minimum atomic E-state index is -0.418. The summed E-state index contributed by atoms with van der Waals surface area (Å²) >= 11 is 7.90. The largest absolute Gasteiger partial charge is 0.283 e. The summed E-state index contributed by atoms with van der Waals surface area (Å²) in [7, 11) is 0. The van der Waals surface area contributed by atoms with Crippen LogP contribution in [0, 0.1) is 28.1 Å². The molecule has 2 aromatic heterocycles. The molecule has 0 fully saturated rings. The molecule has 2 aromatic carbocycles. The van der Waals surface area contributed by atoms with Gasteiger partial charge in [0.05, 0.1) is 10.1 Å². The van der Waals surface area contributed by atoms with Crippen molar-refractivity contribution >= 4 is 54.1 Å². The summed E-state index contributed by atoms with van der Waals surface area (Å²) in [4.78, 5) is 13.4. The zero-order valence-corrected chi connectivity index (χ0v) is 19.1. The second-order valence-corrected chi connectivity index (χ2v) is 9.17. The molecule has 0 aliphatic rings. The number of benzene rings is 2. The zero-order chi connectivity index (χ0) is 21.4. The van der Waals surface area contributed by atoms with Crippen molar-refractivity contribution in [3.8, 4) is 23.3 Å². The molecule has 144 valence electrons. The van der Waals surface area contributed by atoms with Gasteiger partial charge < -0.3 is 0 Å². The first-order chi connectivity index (χ1) is 14.4. The molecule has 0 atom stereocenters. The first-order valence-electron chi connectivity index (χ1n) is 8.58. The van der Waals surface area contributed by atoms with Gasteiger partial charge in [-0.05, 0) is 41.5 Å². The molecular formula is C22H10Br2N4OS. The molecule has 0 amide bonds. The highest BCUT2D eigenvalue weighted by Crippen LogP contribution is 2.29. The average molecular weight is 538 g/mol. The van der Waals surface area contributed by atoms with Gasteiger partial charge in [-0.2, -0.15) is 10.5 Å². The van der Waals surface area contributed by atoms with E-state index in [9.17, 15) is 15.3 Å². The van der Waals surface area contributed by atoms with Crippen molar-refractivity contribution in [2.24, 2.45) is 0 Å². The minimum Gasteiger partial charge on any atom is -0.283 e.